The van der Waals surface area contributed by atoms with Gasteiger partial charge in [-0.15, -0.1) is 0 Å². The third kappa shape index (κ3) is 3.49. The van der Waals surface area contributed by atoms with Gasteiger partial charge in [0.1, 0.15) is 6.10 Å². The molecule has 6 nitrogen and oxygen atoms in total. The van der Waals surface area contributed by atoms with Gasteiger partial charge < -0.3 is 19.9 Å². The first-order valence-corrected chi connectivity index (χ1v) is 4.80. The molecule has 0 radical (unpaired) electrons. The number of aliphatic hydroxyl groups is 1. The molecule has 0 aromatic rings. The van der Waals surface area contributed by atoms with E-state index in [2.05, 4.69) is 10.1 Å². The summed E-state index contributed by atoms with van der Waals surface area (Å²) in [7, 11) is 1.17. The van der Waals surface area contributed by atoms with Gasteiger partial charge >= 0.3 is 5.97 Å². The Morgan fingerprint density at radius 1 is 1.67 bits per heavy atom. The van der Waals surface area contributed by atoms with Gasteiger partial charge in [-0.25, -0.2) is 4.79 Å². The van der Waals surface area contributed by atoms with Crippen molar-refractivity contribution in [1.29, 1.82) is 0 Å². The van der Waals surface area contributed by atoms with Crippen LogP contribution in [0.3, 0.4) is 0 Å². The number of hydrogen-bond acceptors (Lipinski definition) is 5. The van der Waals surface area contributed by atoms with Crippen LogP contribution in [0.25, 0.3) is 0 Å². The molecule has 15 heavy (non-hydrogen) atoms. The summed E-state index contributed by atoms with van der Waals surface area (Å²) in [5, 5.41) is 11.6. The molecular formula is C9H15NO5. The lowest BCUT2D eigenvalue weighted by Crippen LogP contribution is -2.41. The largest absolute Gasteiger partial charge is 0.467 e. The van der Waals surface area contributed by atoms with Crippen molar-refractivity contribution < 1.29 is 24.2 Å². The van der Waals surface area contributed by atoms with E-state index in [1.165, 1.54) is 7.11 Å². The van der Waals surface area contributed by atoms with Crippen LogP contribution in [0, 0.1) is 0 Å². The molecule has 6 heteroatoms. The first-order valence-electron chi connectivity index (χ1n) is 4.80. The predicted molar refractivity (Wildman–Crippen MR) is 50.0 cm³/mol. The molecule has 0 bridgehead atoms. The van der Waals surface area contributed by atoms with E-state index in [-0.39, 0.29) is 12.5 Å². The molecule has 0 aromatic heterocycles. The summed E-state index contributed by atoms with van der Waals surface area (Å²) in [5.41, 5.74) is 0. The molecule has 86 valence electrons. The molecule has 0 aliphatic carbocycles. The van der Waals surface area contributed by atoms with E-state index in [9.17, 15) is 14.7 Å². The number of aliphatic hydroxyl groups excluding tert-OH is 1. The van der Waals surface area contributed by atoms with Crippen molar-refractivity contribution in [1.82, 2.24) is 5.32 Å². The summed E-state index contributed by atoms with van der Waals surface area (Å²) in [6.45, 7) is 0.434. The van der Waals surface area contributed by atoms with Crippen molar-refractivity contribution in [3.05, 3.63) is 0 Å². The minimum atomic E-state index is -1.32. The van der Waals surface area contributed by atoms with Gasteiger partial charge in [-0.1, -0.05) is 0 Å². The highest BCUT2D eigenvalue weighted by Crippen LogP contribution is 2.11. The summed E-state index contributed by atoms with van der Waals surface area (Å²) in [6, 6.07) is 0. The molecule has 0 spiro atoms. The fourth-order valence-corrected chi connectivity index (χ4v) is 1.31. The topological polar surface area (TPSA) is 84.9 Å². The molecule has 1 saturated heterocycles. The Bertz CT molecular complexity index is 237. The number of ether oxygens (including phenoxy) is 2. The van der Waals surface area contributed by atoms with Crippen LogP contribution >= 0.6 is 0 Å². The second-order valence-corrected chi connectivity index (χ2v) is 3.29. The number of rotatable bonds is 4. The standard InChI is InChI=1S/C9H15NO5/c1-14-9(13)6(11)5-10-8(12)7-3-2-4-15-7/h6-7,11H,2-5H2,1H3,(H,10,12)/t6?,7-/m1/s1. The average Bonchev–Trinajstić information content (AvgIpc) is 2.77. The van der Waals surface area contributed by atoms with Crippen molar-refractivity contribution in [2.45, 2.75) is 25.0 Å². The Kier molecular flexibility index (Phi) is 4.51. The highest BCUT2D eigenvalue weighted by Gasteiger charge is 2.24. The molecule has 1 aliphatic rings. The first-order chi connectivity index (χ1) is 7.15. The van der Waals surface area contributed by atoms with Crippen LogP contribution in [-0.2, 0) is 19.1 Å². The van der Waals surface area contributed by atoms with E-state index in [0.717, 1.165) is 6.42 Å². The van der Waals surface area contributed by atoms with Gasteiger partial charge in [-0.3, -0.25) is 4.79 Å². The smallest absolute Gasteiger partial charge is 0.336 e. The second-order valence-electron chi connectivity index (χ2n) is 3.29. The highest BCUT2D eigenvalue weighted by molar-refractivity contribution is 5.82. The van der Waals surface area contributed by atoms with E-state index in [1.807, 2.05) is 0 Å². The number of amides is 1. The molecule has 1 rings (SSSR count). The van der Waals surface area contributed by atoms with Crippen molar-refractivity contribution in [2.75, 3.05) is 20.3 Å². The van der Waals surface area contributed by atoms with E-state index in [4.69, 9.17) is 4.74 Å². The molecule has 1 aliphatic heterocycles. The molecule has 2 atom stereocenters. The fourth-order valence-electron chi connectivity index (χ4n) is 1.31. The lowest BCUT2D eigenvalue weighted by Gasteiger charge is -2.12. The van der Waals surface area contributed by atoms with Crippen LogP contribution in [0.1, 0.15) is 12.8 Å². The van der Waals surface area contributed by atoms with Crippen LogP contribution in [0.4, 0.5) is 0 Å². The quantitative estimate of drug-likeness (QED) is 0.579. The molecule has 1 heterocycles. The van der Waals surface area contributed by atoms with Crippen molar-refractivity contribution in [3.8, 4) is 0 Å². The van der Waals surface area contributed by atoms with Crippen LogP contribution in [0.5, 0.6) is 0 Å². The zero-order valence-corrected chi connectivity index (χ0v) is 8.56. The Hall–Kier alpha value is -1.14. The maximum atomic E-state index is 11.4. The Balaban J connectivity index is 2.24. The van der Waals surface area contributed by atoms with Gasteiger partial charge in [-0.05, 0) is 12.8 Å². The lowest BCUT2D eigenvalue weighted by molar-refractivity contribution is -0.150. The van der Waals surface area contributed by atoms with Crippen molar-refractivity contribution in [3.63, 3.8) is 0 Å². The highest BCUT2D eigenvalue weighted by atomic mass is 16.5. The number of hydrogen-bond donors (Lipinski definition) is 2. The Morgan fingerprint density at radius 2 is 2.40 bits per heavy atom. The van der Waals surface area contributed by atoms with Gasteiger partial charge in [0.25, 0.3) is 0 Å². The monoisotopic (exact) mass is 217 g/mol. The minimum absolute atomic E-state index is 0.147. The van der Waals surface area contributed by atoms with Crippen molar-refractivity contribution >= 4 is 11.9 Å². The Morgan fingerprint density at radius 3 is 2.93 bits per heavy atom. The van der Waals surface area contributed by atoms with Crippen LogP contribution < -0.4 is 5.32 Å². The number of methoxy groups -OCH3 is 1. The van der Waals surface area contributed by atoms with Gasteiger partial charge in [0, 0.05) is 6.61 Å². The second kappa shape index (κ2) is 5.67. The first kappa shape index (κ1) is 11.9. The maximum Gasteiger partial charge on any atom is 0.336 e. The molecule has 1 amide bonds. The van der Waals surface area contributed by atoms with Gasteiger partial charge in [0.05, 0.1) is 13.7 Å². The average molecular weight is 217 g/mol. The van der Waals surface area contributed by atoms with Gasteiger partial charge in [0.15, 0.2) is 6.10 Å². The SMILES string of the molecule is COC(=O)C(O)CNC(=O)[C@H]1CCCO1. The molecule has 0 aromatic carbocycles. The normalized spacial score (nSPS) is 22.1. The van der Waals surface area contributed by atoms with E-state index < -0.39 is 18.2 Å². The summed E-state index contributed by atoms with van der Waals surface area (Å²) < 4.78 is 9.42. The molecule has 1 fully saturated rings. The zero-order valence-electron chi connectivity index (χ0n) is 8.56. The number of esters is 1. The molecule has 1 unspecified atom stereocenters. The van der Waals surface area contributed by atoms with Crippen molar-refractivity contribution in [2.24, 2.45) is 0 Å². The predicted octanol–water partition coefficient (Wildman–Crippen LogP) is -1.18. The van der Waals surface area contributed by atoms with Crippen LogP contribution in [-0.4, -0.2) is 49.5 Å². The van der Waals surface area contributed by atoms with Gasteiger partial charge in [0.2, 0.25) is 5.91 Å². The van der Waals surface area contributed by atoms with E-state index >= 15 is 0 Å². The molecule has 0 saturated carbocycles. The zero-order chi connectivity index (χ0) is 11.3. The third-order valence-corrected chi connectivity index (χ3v) is 2.17. The summed E-state index contributed by atoms with van der Waals surface area (Å²) >= 11 is 0. The number of carbonyl (C=O) groups is 2. The maximum absolute atomic E-state index is 11.4. The number of nitrogens with one attached hydrogen (secondary N) is 1. The summed E-state index contributed by atoms with van der Waals surface area (Å²) in [6.07, 6.45) is -0.229. The van der Waals surface area contributed by atoms with Crippen LogP contribution in [0.2, 0.25) is 0 Å². The number of carbonyl (C=O) groups excluding carboxylic acids is 2. The Labute approximate surface area is 87.5 Å². The minimum Gasteiger partial charge on any atom is -0.467 e. The third-order valence-electron chi connectivity index (χ3n) is 2.17. The van der Waals surface area contributed by atoms with E-state index in [1.54, 1.807) is 0 Å². The fraction of sp³-hybridized carbons (Fsp3) is 0.778. The molecule has 2 N–H and O–H groups in total. The van der Waals surface area contributed by atoms with Gasteiger partial charge in [-0.2, -0.15) is 0 Å². The molecular weight excluding hydrogens is 202 g/mol. The van der Waals surface area contributed by atoms with E-state index in [0.29, 0.717) is 13.0 Å². The summed E-state index contributed by atoms with van der Waals surface area (Å²) in [4.78, 5) is 22.2. The lowest BCUT2D eigenvalue weighted by atomic mass is 10.2. The van der Waals surface area contributed by atoms with Crippen LogP contribution in [0.15, 0.2) is 0 Å². The summed E-state index contributed by atoms with van der Waals surface area (Å²) in [5.74, 6) is -1.06.